The maximum Gasteiger partial charge on any atom is 0.126 e. The first-order chi connectivity index (χ1) is 9.08. The molecule has 2 aromatic rings. The van der Waals surface area contributed by atoms with Gasteiger partial charge in [-0.25, -0.2) is 8.78 Å². The summed E-state index contributed by atoms with van der Waals surface area (Å²) in [5, 5.41) is 0. The molecule has 100 valence electrons. The van der Waals surface area contributed by atoms with Gasteiger partial charge in [-0.05, 0) is 52.2 Å². The average Bonchev–Trinajstić information content (AvgIpc) is 2.36. The van der Waals surface area contributed by atoms with Gasteiger partial charge in [0.05, 0.1) is 11.7 Å². The molecule has 0 radical (unpaired) electrons. The molecule has 1 atom stereocenters. The van der Waals surface area contributed by atoms with Gasteiger partial charge in [0.2, 0.25) is 0 Å². The van der Waals surface area contributed by atoms with E-state index in [-0.39, 0.29) is 6.04 Å². The van der Waals surface area contributed by atoms with E-state index in [1.54, 1.807) is 12.3 Å². The molecule has 2 rings (SSSR count). The molecule has 1 heterocycles. The van der Waals surface area contributed by atoms with E-state index in [9.17, 15) is 8.78 Å². The number of nitrogens with zero attached hydrogens (tertiary/aromatic N) is 1. The van der Waals surface area contributed by atoms with Crippen molar-refractivity contribution in [3.05, 3.63) is 63.9 Å². The van der Waals surface area contributed by atoms with E-state index in [4.69, 9.17) is 5.84 Å². The molecule has 0 aliphatic heterocycles. The Bertz CT molecular complexity index is 540. The lowest BCUT2D eigenvalue weighted by Gasteiger charge is -2.15. The van der Waals surface area contributed by atoms with Crippen molar-refractivity contribution in [3.8, 4) is 0 Å². The van der Waals surface area contributed by atoms with Gasteiger partial charge in [0.1, 0.15) is 11.6 Å². The first-order valence-electron chi connectivity index (χ1n) is 5.61. The molecule has 1 unspecified atom stereocenters. The second kappa shape index (κ2) is 6.18. The van der Waals surface area contributed by atoms with E-state index >= 15 is 0 Å². The molecule has 0 spiro atoms. The molecule has 3 N–H and O–H groups in total. The Hall–Kier alpha value is -1.37. The summed E-state index contributed by atoms with van der Waals surface area (Å²) in [6.07, 6.45) is 1.99. The lowest BCUT2D eigenvalue weighted by molar-refractivity contribution is 0.529. The molecule has 0 aliphatic rings. The van der Waals surface area contributed by atoms with Crippen LogP contribution in [0.3, 0.4) is 0 Å². The first-order valence-corrected chi connectivity index (χ1v) is 6.40. The molecule has 0 saturated heterocycles. The Morgan fingerprint density at radius 1 is 1.21 bits per heavy atom. The van der Waals surface area contributed by atoms with Crippen LogP contribution in [0, 0.1) is 11.6 Å². The standard InChI is InChI=1S/C13H12BrF2N3/c14-9-1-2-12(18-7-9)13(19-17)5-8-3-10(15)6-11(16)4-8/h1-4,6-7,13,19H,5,17H2. The SMILES string of the molecule is NNC(Cc1cc(F)cc(F)c1)c1ccc(Br)cn1. The monoisotopic (exact) mass is 327 g/mol. The number of hydrazine groups is 1. The van der Waals surface area contributed by atoms with Crippen molar-refractivity contribution in [2.24, 2.45) is 5.84 Å². The van der Waals surface area contributed by atoms with Gasteiger partial charge in [-0.1, -0.05) is 0 Å². The zero-order valence-corrected chi connectivity index (χ0v) is 11.5. The Morgan fingerprint density at radius 3 is 2.42 bits per heavy atom. The third-order valence-electron chi connectivity index (χ3n) is 2.67. The van der Waals surface area contributed by atoms with E-state index in [1.165, 1.54) is 12.1 Å². The highest BCUT2D eigenvalue weighted by Gasteiger charge is 2.13. The van der Waals surface area contributed by atoms with E-state index in [0.29, 0.717) is 17.7 Å². The van der Waals surface area contributed by atoms with Crippen LogP contribution in [0.25, 0.3) is 0 Å². The summed E-state index contributed by atoms with van der Waals surface area (Å²) in [6.45, 7) is 0. The quantitative estimate of drug-likeness (QED) is 0.670. The molecule has 0 fully saturated rings. The smallest absolute Gasteiger partial charge is 0.126 e. The van der Waals surface area contributed by atoms with Crippen molar-refractivity contribution in [1.29, 1.82) is 0 Å². The minimum absolute atomic E-state index is 0.311. The fourth-order valence-corrected chi connectivity index (χ4v) is 2.04. The largest absolute Gasteiger partial charge is 0.271 e. The fraction of sp³-hybridized carbons (Fsp3) is 0.154. The van der Waals surface area contributed by atoms with E-state index in [0.717, 1.165) is 10.5 Å². The molecule has 1 aromatic carbocycles. The second-order valence-corrected chi connectivity index (χ2v) is 5.02. The molecule has 0 saturated carbocycles. The Balaban J connectivity index is 2.21. The molecule has 0 aliphatic carbocycles. The highest BCUT2D eigenvalue weighted by Crippen LogP contribution is 2.19. The molecule has 0 amide bonds. The maximum atomic E-state index is 13.1. The third-order valence-corrected chi connectivity index (χ3v) is 3.14. The van der Waals surface area contributed by atoms with Gasteiger partial charge in [0.25, 0.3) is 0 Å². The first kappa shape index (κ1) is 14.0. The topological polar surface area (TPSA) is 50.9 Å². The highest BCUT2D eigenvalue weighted by molar-refractivity contribution is 9.10. The summed E-state index contributed by atoms with van der Waals surface area (Å²) in [7, 11) is 0. The molecule has 3 nitrogen and oxygen atoms in total. The third kappa shape index (κ3) is 3.79. The number of halogens is 3. The number of hydrogen-bond acceptors (Lipinski definition) is 3. The number of hydrogen-bond donors (Lipinski definition) is 2. The van der Waals surface area contributed by atoms with Crippen molar-refractivity contribution < 1.29 is 8.78 Å². The van der Waals surface area contributed by atoms with Gasteiger partial charge in [-0.3, -0.25) is 16.3 Å². The summed E-state index contributed by atoms with van der Waals surface area (Å²) >= 11 is 3.29. The second-order valence-electron chi connectivity index (χ2n) is 4.10. The van der Waals surface area contributed by atoms with Crippen molar-refractivity contribution >= 4 is 15.9 Å². The predicted molar refractivity (Wildman–Crippen MR) is 72.1 cm³/mol. The van der Waals surface area contributed by atoms with Crippen molar-refractivity contribution in [2.75, 3.05) is 0 Å². The van der Waals surface area contributed by atoms with E-state index in [1.807, 2.05) is 6.07 Å². The van der Waals surface area contributed by atoms with Crippen LogP contribution in [-0.2, 0) is 6.42 Å². The Morgan fingerprint density at radius 2 is 1.89 bits per heavy atom. The summed E-state index contributed by atoms with van der Waals surface area (Å²) in [5.74, 6) is 4.27. The normalized spacial score (nSPS) is 12.4. The molecule has 1 aromatic heterocycles. The fourth-order valence-electron chi connectivity index (χ4n) is 1.81. The number of pyridine rings is 1. The van der Waals surface area contributed by atoms with Crippen LogP contribution in [0.15, 0.2) is 41.0 Å². The molecule has 19 heavy (non-hydrogen) atoms. The van der Waals surface area contributed by atoms with Crippen LogP contribution in [0.5, 0.6) is 0 Å². The Kier molecular flexibility index (Phi) is 4.57. The van der Waals surface area contributed by atoms with E-state index in [2.05, 4.69) is 26.3 Å². The summed E-state index contributed by atoms with van der Waals surface area (Å²) in [4.78, 5) is 4.21. The van der Waals surface area contributed by atoms with Crippen LogP contribution in [0.1, 0.15) is 17.3 Å². The molecule has 0 bridgehead atoms. The minimum atomic E-state index is -0.602. The Labute approximate surface area is 117 Å². The van der Waals surface area contributed by atoms with Gasteiger partial charge in [0, 0.05) is 16.7 Å². The van der Waals surface area contributed by atoms with Gasteiger partial charge in [-0.15, -0.1) is 0 Å². The van der Waals surface area contributed by atoms with Crippen LogP contribution in [0.4, 0.5) is 8.78 Å². The van der Waals surface area contributed by atoms with Gasteiger partial charge in [-0.2, -0.15) is 0 Å². The summed E-state index contributed by atoms with van der Waals surface area (Å²) in [6, 6.07) is 6.72. The number of rotatable bonds is 4. The van der Waals surface area contributed by atoms with Crippen LogP contribution >= 0.6 is 15.9 Å². The van der Waals surface area contributed by atoms with Gasteiger partial charge < -0.3 is 0 Å². The summed E-state index contributed by atoms with van der Waals surface area (Å²) < 4.78 is 27.1. The van der Waals surface area contributed by atoms with Crippen molar-refractivity contribution in [2.45, 2.75) is 12.5 Å². The van der Waals surface area contributed by atoms with Crippen LogP contribution in [-0.4, -0.2) is 4.98 Å². The van der Waals surface area contributed by atoms with Crippen molar-refractivity contribution in [3.63, 3.8) is 0 Å². The number of benzene rings is 1. The van der Waals surface area contributed by atoms with Crippen LogP contribution in [0.2, 0.25) is 0 Å². The molecule has 6 heteroatoms. The minimum Gasteiger partial charge on any atom is -0.271 e. The zero-order chi connectivity index (χ0) is 13.8. The molecular weight excluding hydrogens is 316 g/mol. The van der Waals surface area contributed by atoms with Gasteiger partial charge in [0.15, 0.2) is 0 Å². The maximum absolute atomic E-state index is 13.1. The lowest BCUT2D eigenvalue weighted by atomic mass is 10.0. The lowest BCUT2D eigenvalue weighted by Crippen LogP contribution is -2.30. The summed E-state index contributed by atoms with van der Waals surface area (Å²) in [5.41, 5.74) is 3.83. The number of aromatic nitrogens is 1. The van der Waals surface area contributed by atoms with Crippen LogP contribution < -0.4 is 11.3 Å². The van der Waals surface area contributed by atoms with E-state index < -0.39 is 11.6 Å². The average molecular weight is 328 g/mol. The number of nitrogens with two attached hydrogens (primary N) is 1. The number of nitrogens with one attached hydrogen (secondary N) is 1. The zero-order valence-electron chi connectivity index (χ0n) is 9.91. The highest BCUT2D eigenvalue weighted by atomic mass is 79.9. The van der Waals surface area contributed by atoms with Gasteiger partial charge >= 0.3 is 0 Å². The molecular formula is C13H12BrF2N3. The van der Waals surface area contributed by atoms with Crippen molar-refractivity contribution in [1.82, 2.24) is 10.4 Å². The predicted octanol–water partition coefficient (Wildman–Crippen LogP) is 2.87.